The molecule has 29 heavy (non-hydrogen) atoms. The molecule has 0 aromatic carbocycles. The van der Waals surface area contributed by atoms with Crippen molar-refractivity contribution in [2.45, 2.75) is 65.3 Å². The summed E-state index contributed by atoms with van der Waals surface area (Å²) in [7, 11) is 0. The van der Waals surface area contributed by atoms with Crippen molar-refractivity contribution in [2.24, 2.45) is 11.3 Å². The number of hydrogen-bond donors (Lipinski definition) is 0. The zero-order valence-electron chi connectivity index (χ0n) is 16.7. The van der Waals surface area contributed by atoms with Gasteiger partial charge >= 0.3 is 12.1 Å². The van der Waals surface area contributed by atoms with E-state index in [9.17, 15) is 18.0 Å². The van der Waals surface area contributed by atoms with E-state index in [-0.39, 0.29) is 41.7 Å². The van der Waals surface area contributed by atoms with E-state index in [1.807, 2.05) is 13.8 Å². The van der Waals surface area contributed by atoms with Gasteiger partial charge in [-0.1, -0.05) is 13.8 Å². The molecule has 1 aliphatic heterocycles. The van der Waals surface area contributed by atoms with Gasteiger partial charge in [-0.3, -0.25) is 4.79 Å². The highest BCUT2D eigenvalue weighted by Crippen LogP contribution is 2.53. The number of esters is 1. The van der Waals surface area contributed by atoms with E-state index in [0.717, 1.165) is 10.9 Å². The van der Waals surface area contributed by atoms with Crippen LogP contribution in [0.2, 0.25) is 0 Å². The molecule has 4 rings (SSSR count). The first-order valence-corrected chi connectivity index (χ1v) is 9.61. The number of ether oxygens (including phenoxy) is 2. The first-order valence-electron chi connectivity index (χ1n) is 9.61. The Morgan fingerprint density at radius 3 is 2.72 bits per heavy atom. The Bertz CT molecular complexity index is 970. The minimum Gasteiger partial charge on any atom is -0.461 e. The lowest BCUT2D eigenvalue weighted by molar-refractivity contribution is -0.210. The predicted octanol–water partition coefficient (Wildman–Crippen LogP) is 3.05. The molecule has 2 aliphatic rings. The Hall–Kier alpha value is -2.23. The Labute approximate surface area is 165 Å². The molecule has 0 N–H and O–H groups in total. The second-order valence-electron chi connectivity index (χ2n) is 8.38. The Morgan fingerprint density at radius 2 is 2.03 bits per heavy atom. The van der Waals surface area contributed by atoms with E-state index in [4.69, 9.17) is 9.47 Å². The van der Waals surface area contributed by atoms with E-state index in [1.165, 1.54) is 0 Å². The normalized spacial score (nSPS) is 25.7. The lowest BCUT2D eigenvalue weighted by Gasteiger charge is -2.53. The molecule has 0 unspecified atom stereocenters. The molecule has 158 valence electrons. The number of halogens is 3. The first-order chi connectivity index (χ1) is 13.5. The maximum atomic E-state index is 12.9. The highest BCUT2D eigenvalue weighted by Gasteiger charge is 2.61. The van der Waals surface area contributed by atoms with E-state index in [2.05, 4.69) is 15.1 Å². The van der Waals surface area contributed by atoms with E-state index < -0.39 is 12.0 Å². The summed E-state index contributed by atoms with van der Waals surface area (Å²) in [6, 6.07) is 0. The van der Waals surface area contributed by atoms with Crippen LogP contribution in [0.5, 0.6) is 0 Å². The van der Waals surface area contributed by atoms with Crippen LogP contribution in [-0.4, -0.2) is 44.4 Å². The number of aromatic nitrogens is 4. The molecule has 3 heterocycles. The maximum absolute atomic E-state index is 12.9. The monoisotopic (exact) mass is 412 g/mol. The largest absolute Gasteiger partial charge is 0.461 e. The number of alkyl halides is 3. The Kier molecular flexibility index (Phi) is 4.60. The molecule has 0 spiro atoms. The Balaban J connectivity index is 1.47. The first kappa shape index (κ1) is 20.1. The van der Waals surface area contributed by atoms with Crippen LogP contribution in [0.15, 0.2) is 0 Å². The predicted molar refractivity (Wildman–Crippen MR) is 95.1 cm³/mol. The van der Waals surface area contributed by atoms with E-state index in [0.29, 0.717) is 30.0 Å². The van der Waals surface area contributed by atoms with Crippen LogP contribution in [0, 0.1) is 25.2 Å². The maximum Gasteiger partial charge on any atom is 0.453 e. The molecule has 7 nitrogen and oxygen atoms in total. The molecule has 0 bridgehead atoms. The van der Waals surface area contributed by atoms with Gasteiger partial charge in [-0.15, -0.1) is 5.10 Å². The van der Waals surface area contributed by atoms with Crippen molar-refractivity contribution in [3.63, 3.8) is 0 Å². The van der Waals surface area contributed by atoms with Crippen LogP contribution < -0.4 is 0 Å². The van der Waals surface area contributed by atoms with E-state index >= 15 is 0 Å². The standard InChI is InChI=1S/C19H23F3N4O3/c1-9-11(10(2)26-17(23-9)24-16(25-26)19(20,21)22)5-6-13(27)29-15-12-7-8-28-14(12)18(15,3)4/h12,14-15H,5-8H2,1-4H3/t12-,14-,15+/m0/s1. The molecule has 0 radical (unpaired) electrons. The van der Waals surface area contributed by atoms with Crippen LogP contribution in [0.1, 0.15) is 49.5 Å². The van der Waals surface area contributed by atoms with Gasteiger partial charge in [-0.2, -0.15) is 18.2 Å². The van der Waals surface area contributed by atoms with Gasteiger partial charge in [0.15, 0.2) is 0 Å². The summed E-state index contributed by atoms with van der Waals surface area (Å²) >= 11 is 0. The Morgan fingerprint density at radius 1 is 1.31 bits per heavy atom. The van der Waals surface area contributed by atoms with Crippen LogP contribution in [0.3, 0.4) is 0 Å². The fourth-order valence-corrected chi connectivity index (χ4v) is 4.63. The quantitative estimate of drug-likeness (QED) is 0.719. The number of aryl methyl sites for hydroxylation is 2. The molecule has 1 saturated carbocycles. The molecule has 2 fully saturated rings. The van der Waals surface area contributed by atoms with Crippen molar-refractivity contribution in [3.05, 3.63) is 22.8 Å². The lowest BCUT2D eigenvalue weighted by Crippen LogP contribution is -2.61. The third kappa shape index (κ3) is 3.27. The highest BCUT2D eigenvalue weighted by molar-refractivity contribution is 5.70. The second-order valence-corrected chi connectivity index (χ2v) is 8.38. The average molecular weight is 412 g/mol. The van der Waals surface area contributed by atoms with Gasteiger partial charge in [0.2, 0.25) is 0 Å². The number of hydrogen-bond acceptors (Lipinski definition) is 6. The third-order valence-corrected chi connectivity index (χ3v) is 6.13. The fourth-order valence-electron chi connectivity index (χ4n) is 4.63. The van der Waals surface area contributed by atoms with Crippen LogP contribution in [-0.2, 0) is 26.9 Å². The minimum absolute atomic E-state index is 0.109. The van der Waals surface area contributed by atoms with Gasteiger partial charge in [0.1, 0.15) is 6.10 Å². The summed E-state index contributed by atoms with van der Waals surface area (Å²) < 4.78 is 51.2. The number of fused-ring (bicyclic) bond motifs is 2. The van der Waals surface area contributed by atoms with Gasteiger partial charge in [0.25, 0.3) is 11.6 Å². The number of rotatable bonds is 4. The van der Waals surface area contributed by atoms with Crippen molar-refractivity contribution >= 4 is 11.7 Å². The van der Waals surface area contributed by atoms with Crippen LogP contribution in [0.25, 0.3) is 5.78 Å². The van der Waals surface area contributed by atoms with Crippen molar-refractivity contribution in [1.82, 2.24) is 19.6 Å². The summed E-state index contributed by atoms with van der Waals surface area (Å²) in [5.41, 5.74) is 1.47. The zero-order valence-corrected chi connectivity index (χ0v) is 16.7. The summed E-state index contributed by atoms with van der Waals surface area (Å²) in [4.78, 5) is 20.0. The molecule has 3 atom stereocenters. The smallest absolute Gasteiger partial charge is 0.453 e. The lowest BCUT2D eigenvalue weighted by atomic mass is 9.59. The second kappa shape index (κ2) is 6.65. The molecule has 10 heteroatoms. The van der Waals surface area contributed by atoms with E-state index in [1.54, 1.807) is 13.8 Å². The summed E-state index contributed by atoms with van der Waals surface area (Å²) in [5, 5.41) is 3.53. The number of carbonyl (C=O) groups excluding carboxylic acids is 1. The molecular weight excluding hydrogens is 389 g/mol. The van der Waals surface area contributed by atoms with Gasteiger partial charge in [-0.05, 0) is 32.3 Å². The molecule has 1 saturated heterocycles. The van der Waals surface area contributed by atoms with Gasteiger partial charge in [0.05, 0.1) is 6.10 Å². The SMILES string of the molecule is Cc1nc2nc(C(F)(F)F)nn2c(C)c1CCC(=O)O[C@@H]1[C@H]2CCO[C@@H]2C1(C)C. The molecule has 0 amide bonds. The van der Waals surface area contributed by atoms with Gasteiger partial charge in [-0.25, -0.2) is 9.50 Å². The van der Waals surface area contributed by atoms with Crippen molar-refractivity contribution in [3.8, 4) is 0 Å². The van der Waals surface area contributed by atoms with Crippen molar-refractivity contribution in [2.75, 3.05) is 6.61 Å². The average Bonchev–Trinajstić information content (AvgIpc) is 3.25. The van der Waals surface area contributed by atoms with Gasteiger partial charge < -0.3 is 9.47 Å². The van der Waals surface area contributed by atoms with Crippen molar-refractivity contribution in [1.29, 1.82) is 0 Å². The fraction of sp³-hybridized carbons (Fsp3) is 0.684. The number of carbonyl (C=O) groups is 1. The zero-order chi connectivity index (χ0) is 21.1. The molecule has 2 aromatic heterocycles. The minimum atomic E-state index is -4.64. The van der Waals surface area contributed by atoms with Crippen LogP contribution >= 0.6 is 0 Å². The molecule has 1 aliphatic carbocycles. The van der Waals surface area contributed by atoms with Crippen molar-refractivity contribution < 1.29 is 27.4 Å². The number of nitrogens with zero attached hydrogens (tertiary/aromatic N) is 4. The summed E-state index contributed by atoms with van der Waals surface area (Å²) in [6.07, 6.45) is -3.38. The highest BCUT2D eigenvalue weighted by atomic mass is 19.4. The summed E-state index contributed by atoms with van der Waals surface area (Å²) in [6.45, 7) is 8.09. The molecule has 2 aromatic rings. The van der Waals surface area contributed by atoms with Crippen LogP contribution in [0.4, 0.5) is 13.2 Å². The van der Waals surface area contributed by atoms with Gasteiger partial charge in [0, 0.05) is 35.7 Å². The topological polar surface area (TPSA) is 78.6 Å². The molecular formula is C19H23F3N4O3. The summed E-state index contributed by atoms with van der Waals surface area (Å²) in [5.74, 6) is -1.43. The third-order valence-electron chi connectivity index (χ3n) is 6.13.